The van der Waals surface area contributed by atoms with E-state index in [1.807, 2.05) is 31.2 Å². The molecule has 0 saturated carbocycles. The van der Waals surface area contributed by atoms with Gasteiger partial charge in [0.05, 0.1) is 6.61 Å². The zero-order valence-electron chi connectivity index (χ0n) is 18.0. The van der Waals surface area contributed by atoms with Crippen molar-refractivity contribution in [3.63, 3.8) is 0 Å². The molecule has 11 heteroatoms. The van der Waals surface area contributed by atoms with Crippen LogP contribution in [0.25, 0.3) is 0 Å². The standard InChI is InChI=1S/C22H24ClN5O4S/c1-2-32-19-8-6-17(7-9-19)26-33(30,31)21-15-20(24-25-21)22(29)28-12-10-27(11-13-28)18-5-3-4-16(23)14-18/h3-9,14-15,26H,2,10-13H2,1H3,(H,24,25). The predicted molar refractivity (Wildman–Crippen MR) is 127 cm³/mol. The summed E-state index contributed by atoms with van der Waals surface area (Å²) in [4.78, 5) is 16.7. The predicted octanol–water partition coefficient (Wildman–Crippen LogP) is 3.23. The first-order valence-electron chi connectivity index (χ1n) is 10.5. The largest absolute Gasteiger partial charge is 0.494 e. The van der Waals surface area contributed by atoms with E-state index in [1.54, 1.807) is 29.2 Å². The van der Waals surface area contributed by atoms with Crippen molar-refractivity contribution in [1.82, 2.24) is 15.1 Å². The minimum atomic E-state index is -3.93. The van der Waals surface area contributed by atoms with Crippen LogP contribution in [0.5, 0.6) is 5.75 Å². The highest BCUT2D eigenvalue weighted by Gasteiger charge is 2.26. The molecule has 9 nitrogen and oxygen atoms in total. The van der Waals surface area contributed by atoms with Crippen LogP contribution in [0.15, 0.2) is 59.6 Å². The molecule has 1 aromatic heterocycles. The lowest BCUT2D eigenvalue weighted by Crippen LogP contribution is -2.48. The summed E-state index contributed by atoms with van der Waals surface area (Å²) < 4.78 is 33.2. The molecule has 1 aliphatic rings. The first-order valence-corrected chi connectivity index (χ1v) is 12.3. The number of rotatable bonds is 7. The molecular formula is C22H24ClN5O4S. The van der Waals surface area contributed by atoms with Gasteiger partial charge in [-0.2, -0.15) is 13.5 Å². The second kappa shape index (κ2) is 9.72. The summed E-state index contributed by atoms with van der Waals surface area (Å²) in [6, 6.07) is 15.4. The Morgan fingerprint density at radius 2 is 1.85 bits per heavy atom. The summed E-state index contributed by atoms with van der Waals surface area (Å²) in [6.07, 6.45) is 0. The van der Waals surface area contributed by atoms with E-state index in [0.29, 0.717) is 49.2 Å². The van der Waals surface area contributed by atoms with Crippen LogP contribution >= 0.6 is 11.6 Å². The third-order valence-corrected chi connectivity index (χ3v) is 6.75. The van der Waals surface area contributed by atoms with Crippen LogP contribution in [0.1, 0.15) is 17.4 Å². The van der Waals surface area contributed by atoms with Crippen molar-refractivity contribution >= 4 is 38.9 Å². The van der Waals surface area contributed by atoms with E-state index in [0.717, 1.165) is 5.69 Å². The minimum absolute atomic E-state index is 0.0540. The molecule has 2 N–H and O–H groups in total. The number of nitrogens with zero attached hydrogens (tertiary/aromatic N) is 3. The number of halogens is 1. The minimum Gasteiger partial charge on any atom is -0.494 e. The van der Waals surface area contributed by atoms with Gasteiger partial charge in [-0.05, 0) is 49.4 Å². The van der Waals surface area contributed by atoms with Gasteiger partial charge in [-0.1, -0.05) is 17.7 Å². The van der Waals surface area contributed by atoms with Gasteiger partial charge >= 0.3 is 0 Å². The number of hydrogen-bond donors (Lipinski definition) is 2. The molecule has 1 saturated heterocycles. The molecule has 0 atom stereocenters. The zero-order chi connectivity index (χ0) is 23.4. The smallest absolute Gasteiger partial charge is 0.278 e. The maximum Gasteiger partial charge on any atom is 0.278 e. The number of ether oxygens (including phenoxy) is 1. The van der Waals surface area contributed by atoms with Gasteiger partial charge in [-0.3, -0.25) is 14.6 Å². The van der Waals surface area contributed by atoms with Gasteiger partial charge < -0.3 is 14.5 Å². The number of nitrogens with one attached hydrogen (secondary N) is 2. The number of carbonyl (C=O) groups is 1. The normalized spacial score (nSPS) is 14.2. The first-order chi connectivity index (χ1) is 15.9. The van der Waals surface area contributed by atoms with Gasteiger partial charge in [0, 0.05) is 48.6 Å². The molecule has 0 bridgehead atoms. The second-order valence-corrected chi connectivity index (χ2v) is 9.53. The van der Waals surface area contributed by atoms with Gasteiger partial charge in [0.25, 0.3) is 15.9 Å². The number of benzene rings is 2. The number of amides is 1. The van der Waals surface area contributed by atoms with Crippen molar-refractivity contribution in [3.05, 3.63) is 65.3 Å². The number of H-pyrrole nitrogens is 1. The number of anilines is 2. The lowest BCUT2D eigenvalue weighted by atomic mass is 10.2. The number of hydrogen-bond acceptors (Lipinski definition) is 6. The lowest BCUT2D eigenvalue weighted by molar-refractivity contribution is 0.0741. The Morgan fingerprint density at radius 1 is 1.12 bits per heavy atom. The van der Waals surface area contributed by atoms with E-state index in [4.69, 9.17) is 16.3 Å². The molecule has 0 spiro atoms. The highest BCUT2D eigenvalue weighted by atomic mass is 35.5. The highest BCUT2D eigenvalue weighted by Crippen LogP contribution is 2.22. The molecule has 2 heterocycles. The summed E-state index contributed by atoms with van der Waals surface area (Å²) >= 11 is 6.07. The number of sulfonamides is 1. The van der Waals surface area contributed by atoms with E-state index in [2.05, 4.69) is 19.8 Å². The Morgan fingerprint density at radius 3 is 2.52 bits per heavy atom. The molecule has 0 aliphatic carbocycles. The monoisotopic (exact) mass is 489 g/mol. The molecule has 1 fully saturated rings. The Balaban J connectivity index is 1.38. The van der Waals surface area contributed by atoms with Gasteiger partial charge in [0.2, 0.25) is 0 Å². The molecule has 0 radical (unpaired) electrons. The average molecular weight is 490 g/mol. The quantitative estimate of drug-likeness (QED) is 0.527. The van der Waals surface area contributed by atoms with E-state index >= 15 is 0 Å². The third kappa shape index (κ3) is 5.40. The molecule has 174 valence electrons. The maximum atomic E-state index is 12.9. The van der Waals surface area contributed by atoms with Crippen LogP contribution in [0.2, 0.25) is 5.02 Å². The van der Waals surface area contributed by atoms with Crippen LogP contribution in [0, 0.1) is 0 Å². The molecular weight excluding hydrogens is 466 g/mol. The molecule has 4 rings (SSSR count). The molecule has 0 unspecified atom stereocenters. The molecule has 3 aromatic rings. The van der Waals surface area contributed by atoms with Crippen LogP contribution in [-0.4, -0.2) is 62.2 Å². The van der Waals surface area contributed by atoms with Crippen molar-refractivity contribution < 1.29 is 17.9 Å². The van der Waals surface area contributed by atoms with Crippen molar-refractivity contribution in [2.45, 2.75) is 11.9 Å². The van der Waals surface area contributed by atoms with Crippen LogP contribution in [0.4, 0.5) is 11.4 Å². The number of piperazine rings is 1. The SMILES string of the molecule is CCOc1ccc(NS(=O)(=O)c2cc(C(=O)N3CCN(c4cccc(Cl)c4)CC3)n[nH]2)cc1. The van der Waals surface area contributed by atoms with Gasteiger partial charge in [0.15, 0.2) is 10.7 Å². The van der Waals surface area contributed by atoms with Crippen LogP contribution < -0.4 is 14.4 Å². The summed E-state index contributed by atoms with van der Waals surface area (Å²) in [5, 5.41) is 6.88. The molecule has 2 aromatic carbocycles. The molecule has 1 aliphatic heterocycles. The fourth-order valence-electron chi connectivity index (χ4n) is 3.55. The molecule has 1 amide bonds. The topological polar surface area (TPSA) is 108 Å². The fourth-order valence-corrected chi connectivity index (χ4v) is 4.72. The van der Waals surface area contributed by atoms with Gasteiger partial charge in [0.1, 0.15) is 5.75 Å². The van der Waals surface area contributed by atoms with E-state index < -0.39 is 10.0 Å². The Bertz CT molecular complexity index is 1220. The van der Waals surface area contributed by atoms with Crippen LogP contribution in [-0.2, 0) is 10.0 Å². The Labute approximate surface area is 197 Å². The maximum absolute atomic E-state index is 12.9. The number of carbonyl (C=O) groups excluding carboxylic acids is 1. The first kappa shape index (κ1) is 22.9. The Hall–Kier alpha value is -3.24. The van der Waals surface area contributed by atoms with Crippen molar-refractivity contribution in [3.8, 4) is 5.75 Å². The van der Waals surface area contributed by atoms with Crippen LogP contribution in [0.3, 0.4) is 0 Å². The van der Waals surface area contributed by atoms with Crippen molar-refractivity contribution in [2.75, 3.05) is 42.4 Å². The molecule has 33 heavy (non-hydrogen) atoms. The second-order valence-electron chi connectivity index (χ2n) is 7.44. The van der Waals surface area contributed by atoms with Crippen molar-refractivity contribution in [2.24, 2.45) is 0 Å². The lowest BCUT2D eigenvalue weighted by Gasteiger charge is -2.35. The average Bonchev–Trinajstić information content (AvgIpc) is 3.32. The van der Waals surface area contributed by atoms with Gasteiger partial charge in [-0.15, -0.1) is 0 Å². The zero-order valence-corrected chi connectivity index (χ0v) is 19.6. The summed E-state index contributed by atoms with van der Waals surface area (Å²) in [5.41, 5.74) is 1.43. The number of aromatic nitrogens is 2. The Kier molecular flexibility index (Phi) is 6.75. The third-order valence-electron chi connectivity index (χ3n) is 5.22. The fraction of sp³-hybridized carbons (Fsp3) is 0.273. The van der Waals surface area contributed by atoms with E-state index in [-0.39, 0.29) is 16.6 Å². The van der Waals surface area contributed by atoms with Gasteiger partial charge in [-0.25, -0.2) is 0 Å². The van der Waals surface area contributed by atoms with Crippen molar-refractivity contribution in [1.29, 1.82) is 0 Å². The summed E-state index contributed by atoms with van der Waals surface area (Å²) in [7, 11) is -3.93. The number of aromatic amines is 1. The van der Waals surface area contributed by atoms with E-state index in [1.165, 1.54) is 6.07 Å². The summed E-state index contributed by atoms with van der Waals surface area (Å²) in [6.45, 7) is 4.65. The summed E-state index contributed by atoms with van der Waals surface area (Å²) in [5.74, 6) is 0.324. The highest BCUT2D eigenvalue weighted by molar-refractivity contribution is 7.92. The van der Waals surface area contributed by atoms with E-state index in [9.17, 15) is 13.2 Å².